The van der Waals surface area contributed by atoms with Gasteiger partial charge in [-0.05, 0) is 12.1 Å². The maximum Gasteiger partial charge on any atom is 4.00 e. The van der Waals surface area contributed by atoms with Crippen LogP contribution in [-0.2, 0) is 21.1 Å². The Morgan fingerprint density at radius 2 is 1.48 bits per heavy atom. The van der Waals surface area contributed by atoms with E-state index in [-0.39, 0.29) is 74.7 Å². The fraction of sp³-hybridized carbons (Fsp3) is 0. The van der Waals surface area contributed by atoms with Crippen molar-refractivity contribution in [1.29, 1.82) is 0 Å². The predicted octanol–water partition coefficient (Wildman–Crippen LogP) is -5.73. The van der Waals surface area contributed by atoms with Crippen molar-refractivity contribution in [2.45, 2.75) is 0 Å². The van der Waals surface area contributed by atoms with Gasteiger partial charge in [-0.2, -0.15) is 0 Å². The SMILES string of the molecule is N.N.Nc1cccc2c(=O)[nH][nH]c(=O)c12.O=NO.[Cl-].[Cl-].[Pt+4]. The molecule has 2 rings (SSSR count). The summed E-state index contributed by atoms with van der Waals surface area (Å²) >= 11 is 0. The number of H-pyrrole nitrogens is 2. The summed E-state index contributed by atoms with van der Waals surface area (Å²) in [4.78, 5) is 30.6. The number of benzene rings is 1. The topological polar surface area (TPSA) is 211 Å². The molecule has 0 bridgehead atoms. The van der Waals surface area contributed by atoms with Gasteiger partial charge in [-0.1, -0.05) is 6.07 Å². The standard InChI is InChI=1S/C8H7N3O2.2ClH.HNO2.2H3N.Pt/c9-5-3-1-2-4-6(5)8(13)11-10-7(4)12;;;2-1-3;;;/h1-3H,9H2,(H,10,12)(H,11,13);2*1H;(H,2,3);2*1H3;/q;;;;;;+4/p-2. The Hall–Kier alpha value is -1.45. The summed E-state index contributed by atoms with van der Waals surface area (Å²) in [5.41, 5.74) is 5.14. The van der Waals surface area contributed by atoms with Gasteiger partial charge in [-0.3, -0.25) is 19.8 Å². The molecule has 0 saturated heterocycles. The van der Waals surface area contributed by atoms with Crippen molar-refractivity contribution < 1.29 is 51.1 Å². The Balaban J connectivity index is -0.0000000993. The van der Waals surface area contributed by atoms with Gasteiger partial charge in [0.2, 0.25) is 0 Å². The second kappa shape index (κ2) is 14.9. The van der Waals surface area contributed by atoms with Gasteiger partial charge in [-0.15, -0.1) is 4.91 Å². The quantitative estimate of drug-likeness (QED) is 0.112. The number of fused-ring (bicyclic) bond motifs is 1. The Morgan fingerprint density at radius 3 is 1.90 bits per heavy atom. The molecule has 0 saturated carbocycles. The van der Waals surface area contributed by atoms with Gasteiger partial charge in [0.25, 0.3) is 11.1 Å². The number of nitrogens with two attached hydrogens (primary N) is 1. The van der Waals surface area contributed by atoms with E-state index in [0.29, 0.717) is 11.1 Å². The summed E-state index contributed by atoms with van der Waals surface area (Å²) < 4.78 is 0. The van der Waals surface area contributed by atoms with Gasteiger partial charge in [0.05, 0.1) is 10.8 Å². The van der Waals surface area contributed by atoms with Crippen molar-refractivity contribution in [3.63, 3.8) is 0 Å². The normalized spacial score (nSPS) is 7.05. The van der Waals surface area contributed by atoms with Crippen LogP contribution in [0.25, 0.3) is 10.8 Å². The van der Waals surface area contributed by atoms with Crippen LogP contribution in [0.4, 0.5) is 5.69 Å². The summed E-state index contributed by atoms with van der Waals surface area (Å²) in [5, 5.41) is 12.9. The van der Waals surface area contributed by atoms with E-state index in [4.69, 9.17) is 15.8 Å². The van der Waals surface area contributed by atoms with E-state index in [2.05, 4.69) is 10.2 Å². The zero-order chi connectivity index (χ0) is 12.1. The van der Waals surface area contributed by atoms with Crippen LogP contribution >= 0.6 is 0 Å². The number of anilines is 1. The average Bonchev–Trinajstić information content (AvgIpc) is 2.25. The van der Waals surface area contributed by atoms with Crippen LogP contribution in [0.1, 0.15) is 0 Å². The summed E-state index contributed by atoms with van der Waals surface area (Å²) in [7, 11) is 0. The first-order chi connectivity index (χ1) is 7.61. The number of rotatable bonds is 0. The third kappa shape index (κ3) is 7.78. The van der Waals surface area contributed by atoms with Gasteiger partial charge in [0.15, 0.2) is 5.34 Å². The number of nitrogens with zero attached hydrogens (tertiary/aromatic N) is 1. The molecule has 11 N–H and O–H groups in total. The first-order valence-electron chi connectivity index (χ1n) is 4.07. The van der Waals surface area contributed by atoms with E-state index in [1.165, 1.54) is 5.34 Å². The number of aromatic nitrogens is 2. The fourth-order valence-corrected chi connectivity index (χ4v) is 1.26. The Bertz CT molecular complexity index is 634. The maximum absolute atomic E-state index is 11.2. The van der Waals surface area contributed by atoms with Crippen LogP contribution in [0.5, 0.6) is 0 Å². The largest absolute Gasteiger partial charge is 4.00 e. The second-order valence-corrected chi connectivity index (χ2v) is 2.76. The molecule has 1 heterocycles. The molecule has 0 spiro atoms. The van der Waals surface area contributed by atoms with Crippen LogP contribution in [0, 0.1) is 4.91 Å². The molecule has 0 amide bonds. The van der Waals surface area contributed by atoms with Crippen LogP contribution in [0.2, 0.25) is 0 Å². The molecule has 0 aliphatic carbocycles. The Labute approximate surface area is 145 Å². The van der Waals surface area contributed by atoms with Gasteiger partial charge < -0.3 is 48.1 Å². The minimum absolute atomic E-state index is 0. The number of halogens is 2. The molecular weight excluding hydrogens is 510 g/mol. The first-order valence-corrected chi connectivity index (χ1v) is 4.07. The molecule has 0 atom stereocenters. The molecule has 0 aliphatic heterocycles. The van der Waals surface area contributed by atoms with Crippen molar-refractivity contribution >= 4 is 16.5 Å². The minimum atomic E-state index is -0.382. The molecule has 1 aromatic heterocycles. The molecule has 13 heteroatoms. The molecule has 122 valence electrons. The predicted molar refractivity (Wildman–Crippen MR) is 67.2 cm³/mol. The van der Waals surface area contributed by atoms with Gasteiger partial charge in [0, 0.05) is 5.69 Å². The minimum Gasteiger partial charge on any atom is -1.00 e. The molecule has 0 radical (unpaired) electrons. The third-order valence-electron chi connectivity index (χ3n) is 1.86. The van der Waals surface area contributed by atoms with E-state index in [1.54, 1.807) is 18.2 Å². The molecule has 0 unspecified atom stereocenters. The van der Waals surface area contributed by atoms with Crippen LogP contribution < -0.4 is 54.0 Å². The van der Waals surface area contributed by atoms with Crippen LogP contribution in [0.3, 0.4) is 0 Å². The monoisotopic (exact) mass is 523 g/mol. The number of hydrogen-bond donors (Lipinski definition) is 6. The molecule has 0 aliphatic rings. The second-order valence-electron chi connectivity index (χ2n) is 2.76. The van der Waals surface area contributed by atoms with Gasteiger partial charge in [-0.25, -0.2) is 0 Å². The number of nitrogen functional groups attached to an aromatic ring is 1. The summed E-state index contributed by atoms with van der Waals surface area (Å²) in [6.07, 6.45) is 0. The van der Waals surface area contributed by atoms with Crippen LogP contribution in [0.15, 0.2) is 33.1 Å². The third-order valence-corrected chi connectivity index (χ3v) is 1.86. The summed E-state index contributed by atoms with van der Waals surface area (Å²) in [6, 6.07) is 4.77. The van der Waals surface area contributed by atoms with E-state index in [0.717, 1.165) is 0 Å². The molecule has 1 aromatic carbocycles. The van der Waals surface area contributed by atoms with Crippen molar-refractivity contribution in [3.05, 3.63) is 43.8 Å². The smallest absolute Gasteiger partial charge is 1.00 e. The van der Waals surface area contributed by atoms with Crippen molar-refractivity contribution in [2.75, 3.05) is 5.73 Å². The summed E-state index contributed by atoms with van der Waals surface area (Å²) in [5.74, 6) is 0. The van der Waals surface area contributed by atoms with Gasteiger partial charge >= 0.3 is 21.1 Å². The van der Waals surface area contributed by atoms with Crippen molar-refractivity contribution in [1.82, 2.24) is 22.5 Å². The van der Waals surface area contributed by atoms with E-state index < -0.39 is 0 Å². The number of aromatic amines is 2. The zero-order valence-corrected chi connectivity index (χ0v) is 14.2. The molecular formula is C8H14Cl2N6O4Pt+2. The first kappa shape index (κ1) is 31.8. The average molecular weight is 524 g/mol. The van der Waals surface area contributed by atoms with E-state index in [9.17, 15) is 9.59 Å². The fourth-order valence-electron chi connectivity index (χ4n) is 1.26. The van der Waals surface area contributed by atoms with Gasteiger partial charge in [0.1, 0.15) is 0 Å². The van der Waals surface area contributed by atoms with E-state index in [1.807, 2.05) is 0 Å². The maximum atomic E-state index is 11.2. The van der Waals surface area contributed by atoms with Crippen molar-refractivity contribution in [3.8, 4) is 0 Å². The zero-order valence-electron chi connectivity index (χ0n) is 10.4. The number of nitrogens with one attached hydrogen (secondary N) is 2. The molecule has 2 aromatic rings. The number of hydrogen-bond acceptors (Lipinski definition) is 7. The van der Waals surface area contributed by atoms with Crippen molar-refractivity contribution in [2.24, 2.45) is 5.34 Å². The van der Waals surface area contributed by atoms with Crippen LogP contribution in [-0.4, -0.2) is 15.4 Å². The Kier molecular flexibility index (Phi) is 22.6. The molecule has 21 heavy (non-hydrogen) atoms. The summed E-state index contributed by atoms with van der Waals surface area (Å²) in [6.45, 7) is 0. The van der Waals surface area contributed by atoms with E-state index >= 15 is 0 Å². The molecule has 0 fully saturated rings. The Morgan fingerprint density at radius 1 is 1.05 bits per heavy atom. The molecule has 10 nitrogen and oxygen atoms in total.